The van der Waals surface area contributed by atoms with Crippen LogP contribution in [-0.4, -0.2) is 41.9 Å². The number of esters is 2. The van der Waals surface area contributed by atoms with E-state index in [1.807, 2.05) is 12.1 Å². The predicted molar refractivity (Wildman–Crippen MR) is 119 cm³/mol. The summed E-state index contributed by atoms with van der Waals surface area (Å²) in [5.74, 6) is -1.68. The average Bonchev–Trinajstić information content (AvgIpc) is 2.89. The zero-order chi connectivity index (χ0) is 23.3. The average molecular weight is 436 g/mol. The Balaban J connectivity index is 1.97. The number of aromatic nitrogens is 1. The number of carbonyl (C=O) groups is 3. The van der Waals surface area contributed by atoms with Crippen molar-refractivity contribution >= 4 is 35.1 Å². The number of carbonyl (C=O) groups excluding carboxylic acids is 3. The van der Waals surface area contributed by atoms with Gasteiger partial charge in [0.05, 0.1) is 35.8 Å². The normalized spacial score (nSPS) is 12.7. The molecule has 0 spiro atoms. The van der Waals surface area contributed by atoms with Crippen LogP contribution < -0.4 is 10.6 Å². The van der Waals surface area contributed by atoms with E-state index in [9.17, 15) is 14.4 Å². The van der Waals surface area contributed by atoms with E-state index in [0.717, 1.165) is 0 Å². The number of aliphatic imine (C=N–C) groups is 1. The minimum absolute atomic E-state index is 0.0392. The number of rotatable bonds is 5. The number of nitrogens with one attached hydrogen (secondary N) is 2. The van der Waals surface area contributed by atoms with Crippen LogP contribution in [0.15, 0.2) is 52.7 Å². The third-order valence-electron chi connectivity index (χ3n) is 4.60. The van der Waals surface area contributed by atoms with E-state index >= 15 is 0 Å². The van der Waals surface area contributed by atoms with Gasteiger partial charge in [0.2, 0.25) is 0 Å². The van der Waals surface area contributed by atoms with Crippen LogP contribution in [0.2, 0.25) is 0 Å². The number of amidine groups is 1. The van der Waals surface area contributed by atoms with Gasteiger partial charge in [-0.3, -0.25) is 4.79 Å². The molecule has 0 saturated carbocycles. The summed E-state index contributed by atoms with van der Waals surface area (Å²) in [6.45, 7) is 7.12. The fourth-order valence-electron chi connectivity index (χ4n) is 3.12. The molecular weight excluding hydrogens is 412 g/mol. The number of hydrogen-bond acceptors (Lipinski definition) is 8. The molecule has 0 saturated heterocycles. The first-order valence-corrected chi connectivity index (χ1v) is 10.1. The maximum absolute atomic E-state index is 13.0. The van der Waals surface area contributed by atoms with Gasteiger partial charge in [-0.2, -0.15) is 0 Å². The minimum atomic E-state index is -0.619. The first-order chi connectivity index (χ1) is 15.3. The van der Waals surface area contributed by atoms with Crippen molar-refractivity contribution < 1.29 is 23.9 Å². The Hall–Kier alpha value is -4.01. The van der Waals surface area contributed by atoms with E-state index in [1.54, 1.807) is 39.8 Å². The third-order valence-corrected chi connectivity index (χ3v) is 4.60. The first kappa shape index (κ1) is 22.7. The molecule has 2 aromatic rings. The number of ether oxygens (including phenoxy) is 2. The minimum Gasteiger partial charge on any atom is -0.462 e. The number of benzene rings is 1. The lowest BCUT2D eigenvalue weighted by molar-refractivity contribution is -0.137. The van der Waals surface area contributed by atoms with Gasteiger partial charge in [-0.05, 0) is 52.0 Å². The molecule has 1 amide bonds. The van der Waals surface area contributed by atoms with Crippen molar-refractivity contribution in [1.82, 2.24) is 10.3 Å². The molecule has 166 valence electrons. The summed E-state index contributed by atoms with van der Waals surface area (Å²) in [6.07, 6.45) is 0. The number of para-hydroxylation sites is 2. The molecule has 1 aliphatic heterocycles. The molecule has 0 atom stereocenters. The highest BCUT2D eigenvalue weighted by Crippen LogP contribution is 2.30. The van der Waals surface area contributed by atoms with Crippen LogP contribution in [-0.2, 0) is 14.3 Å². The SMILES string of the molecule is CCOC(=O)C1=C(C)Nc2ccccc2N=C1NC(=O)c1ccc(C(=O)OCC)c(C)n1. The van der Waals surface area contributed by atoms with Crippen molar-refractivity contribution in [2.24, 2.45) is 4.99 Å². The molecule has 0 fully saturated rings. The highest BCUT2D eigenvalue weighted by atomic mass is 16.5. The summed E-state index contributed by atoms with van der Waals surface area (Å²) in [5, 5.41) is 5.81. The topological polar surface area (TPSA) is 119 Å². The van der Waals surface area contributed by atoms with Crippen LogP contribution in [0.5, 0.6) is 0 Å². The highest BCUT2D eigenvalue weighted by Gasteiger charge is 2.27. The Labute approximate surface area is 185 Å². The quantitative estimate of drug-likeness (QED) is 0.690. The molecular formula is C23H24N4O5. The summed E-state index contributed by atoms with van der Waals surface area (Å²) < 4.78 is 10.2. The Kier molecular flexibility index (Phi) is 6.99. The first-order valence-electron chi connectivity index (χ1n) is 10.1. The van der Waals surface area contributed by atoms with Gasteiger partial charge in [0.25, 0.3) is 5.91 Å². The molecule has 9 heteroatoms. The van der Waals surface area contributed by atoms with Crippen molar-refractivity contribution in [3.63, 3.8) is 0 Å². The highest BCUT2D eigenvalue weighted by molar-refractivity contribution is 6.25. The predicted octanol–water partition coefficient (Wildman–Crippen LogP) is 3.29. The Morgan fingerprint density at radius 2 is 1.66 bits per heavy atom. The fraction of sp³-hybridized carbons (Fsp3) is 0.261. The number of fused-ring (bicyclic) bond motifs is 1. The lowest BCUT2D eigenvalue weighted by Gasteiger charge is -2.13. The van der Waals surface area contributed by atoms with Gasteiger partial charge in [-0.1, -0.05) is 12.1 Å². The van der Waals surface area contributed by atoms with Gasteiger partial charge < -0.3 is 20.1 Å². The van der Waals surface area contributed by atoms with E-state index < -0.39 is 17.8 Å². The smallest absolute Gasteiger partial charge is 0.343 e. The van der Waals surface area contributed by atoms with Crippen molar-refractivity contribution in [3.8, 4) is 0 Å². The van der Waals surface area contributed by atoms with E-state index in [4.69, 9.17) is 9.47 Å². The standard InChI is InChI=1S/C23H24N4O5/c1-5-31-22(29)15-11-12-18(24-13(15)3)21(28)27-20-19(23(30)32-6-2)14(4)25-16-9-7-8-10-17(16)26-20/h7-12,25H,5-6H2,1-4H3,(H,26,27,28). The van der Waals surface area contributed by atoms with Gasteiger partial charge in [-0.25, -0.2) is 19.6 Å². The fourth-order valence-corrected chi connectivity index (χ4v) is 3.12. The van der Waals surface area contributed by atoms with Crippen molar-refractivity contribution in [2.75, 3.05) is 18.5 Å². The summed E-state index contributed by atoms with van der Waals surface area (Å²) >= 11 is 0. The number of hydrogen-bond donors (Lipinski definition) is 2. The summed E-state index contributed by atoms with van der Waals surface area (Å²) in [5.41, 5.74) is 2.50. The van der Waals surface area contributed by atoms with E-state index in [0.29, 0.717) is 22.8 Å². The van der Waals surface area contributed by atoms with Gasteiger partial charge in [0.15, 0.2) is 0 Å². The third kappa shape index (κ3) is 4.83. The van der Waals surface area contributed by atoms with Crippen LogP contribution in [0.4, 0.5) is 11.4 Å². The van der Waals surface area contributed by atoms with Crippen LogP contribution in [0, 0.1) is 6.92 Å². The molecule has 1 aromatic heterocycles. The number of aryl methyl sites for hydroxylation is 1. The monoisotopic (exact) mass is 436 g/mol. The van der Waals surface area contributed by atoms with Crippen molar-refractivity contribution in [1.29, 1.82) is 0 Å². The van der Waals surface area contributed by atoms with Crippen LogP contribution in [0.3, 0.4) is 0 Å². The summed E-state index contributed by atoms with van der Waals surface area (Å²) in [4.78, 5) is 46.3. The summed E-state index contributed by atoms with van der Waals surface area (Å²) in [7, 11) is 0. The molecule has 2 heterocycles. The van der Waals surface area contributed by atoms with Crippen molar-refractivity contribution in [2.45, 2.75) is 27.7 Å². The summed E-state index contributed by atoms with van der Waals surface area (Å²) in [6, 6.07) is 10.1. The zero-order valence-corrected chi connectivity index (χ0v) is 18.3. The zero-order valence-electron chi connectivity index (χ0n) is 18.3. The molecule has 9 nitrogen and oxygen atoms in total. The molecule has 2 N–H and O–H groups in total. The lowest BCUT2D eigenvalue weighted by atomic mass is 10.1. The van der Waals surface area contributed by atoms with Crippen molar-refractivity contribution in [3.05, 3.63) is 64.6 Å². The van der Waals surface area contributed by atoms with Gasteiger partial charge >= 0.3 is 11.9 Å². The Bertz CT molecular complexity index is 1140. The van der Waals surface area contributed by atoms with Crippen LogP contribution >= 0.6 is 0 Å². The number of anilines is 1. The molecule has 0 bridgehead atoms. The molecule has 0 aliphatic carbocycles. The lowest BCUT2D eigenvalue weighted by Crippen LogP contribution is -2.36. The van der Waals surface area contributed by atoms with E-state index in [1.165, 1.54) is 12.1 Å². The van der Waals surface area contributed by atoms with Gasteiger partial charge in [0.1, 0.15) is 17.1 Å². The van der Waals surface area contributed by atoms with E-state index in [-0.39, 0.29) is 35.9 Å². The Morgan fingerprint density at radius 1 is 0.969 bits per heavy atom. The van der Waals surface area contributed by atoms with Crippen LogP contribution in [0.25, 0.3) is 0 Å². The second-order valence-corrected chi connectivity index (χ2v) is 6.83. The maximum Gasteiger partial charge on any atom is 0.343 e. The molecule has 1 aromatic carbocycles. The van der Waals surface area contributed by atoms with E-state index in [2.05, 4.69) is 20.6 Å². The van der Waals surface area contributed by atoms with Crippen LogP contribution in [0.1, 0.15) is 47.3 Å². The number of pyridine rings is 1. The molecule has 1 aliphatic rings. The molecule has 0 radical (unpaired) electrons. The van der Waals surface area contributed by atoms with Gasteiger partial charge in [0, 0.05) is 5.70 Å². The second-order valence-electron chi connectivity index (χ2n) is 6.83. The molecule has 0 unspecified atom stereocenters. The maximum atomic E-state index is 13.0. The number of amides is 1. The molecule has 32 heavy (non-hydrogen) atoms. The number of nitrogens with zero attached hydrogens (tertiary/aromatic N) is 2. The largest absolute Gasteiger partial charge is 0.462 e. The second kappa shape index (κ2) is 9.86. The van der Waals surface area contributed by atoms with Gasteiger partial charge in [-0.15, -0.1) is 0 Å². The number of allylic oxidation sites excluding steroid dienone is 1. The Morgan fingerprint density at radius 3 is 2.34 bits per heavy atom. The molecule has 3 rings (SSSR count).